The zero-order valence-electron chi connectivity index (χ0n) is 14.0. The van der Waals surface area contributed by atoms with Crippen LogP contribution in [-0.4, -0.2) is 23.5 Å². The molecule has 1 aliphatic heterocycles. The maximum atomic E-state index is 12.7. The molecule has 0 aromatic heterocycles. The third-order valence-electron chi connectivity index (χ3n) is 4.03. The Morgan fingerprint density at radius 1 is 1.04 bits per heavy atom. The third kappa shape index (κ3) is 3.99. The van der Waals surface area contributed by atoms with Crippen molar-refractivity contribution in [3.05, 3.63) is 65.7 Å². The Hall–Kier alpha value is -2.96. The van der Waals surface area contributed by atoms with Gasteiger partial charge in [0.15, 0.2) is 0 Å². The number of alkyl halides is 3. The van der Waals surface area contributed by atoms with Gasteiger partial charge in [-0.2, -0.15) is 18.3 Å². The molecule has 26 heavy (non-hydrogen) atoms. The predicted molar refractivity (Wildman–Crippen MR) is 94.4 cm³/mol. The maximum absolute atomic E-state index is 12.7. The second kappa shape index (κ2) is 7.11. The van der Waals surface area contributed by atoms with Gasteiger partial charge in [0.05, 0.1) is 12.3 Å². The summed E-state index contributed by atoms with van der Waals surface area (Å²) in [6, 6.07) is 16.2. The van der Waals surface area contributed by atoms with Gasteiger partial charge >= 0.3 is 6.18 Å². The molecule has 1 heterocycles. The Kier molecular flexibility index (Phi) is 4.88. The molecule has 0 N–H and O–H groups in total. The van der Waals surface area contributed by atoms with Gasteiger partial charge in [0, 0.05) is 19.0 Å². The summed E-state index contributed by atoms with van der Waals surface area (Å²) >= 11 is 0. The predicted octanol–water partition coefficient (Wildman–Crippen LogP) is 4.35. The lowest BCUT2D eigenvalue weighted by Crippen LogP contribution is -2.27. The van der Waals surface area contributed by atoms with E-state index < -0.39 is 11.9 Å². The molecule has 0 bridgehead atoms. The summed E-state index contributed by atoms with van der Waals surface area (Å²) in [5.41, 5.74) is 1.64. The van der Waals surface area contributed by atoms with Crippen molar-refractivity contribution in [1.82, 2.24) is 0 Å². The van der Waals surface area contributed by atoms with Gasteiger partial charge in [0.2, 0.25) is 5.91 Å². The molecule has 0 atom stereocenters. The number of carbonyl (C=O) groups is 1. The molecule has 7 heteroatoms. The highest BCUT2D eigenvalue weighted by Crippen LogP contribution is 2.25. The van der Waals surface area contributed by atoms with E-state index in [1.807, 2.05) is 30.3 Å². The van der Waals surface area contributed by atoms with Gasteiger partial charge in [-0.15, -0.1) is 5.10 Å². The van der Waals surface area contributed by atoms with Crippen LogP contribution in [0.25, 0.3) is 0 Å². The van der Waals surface area contributed by atoms with Crippen LogP contribution in [0, 0.1) is 0 Å². The van der Waals surface area contributed by atoms with Crippen LogP contribution in [0.2, 0.25) is 0 Å². The highest BCUT2D eigenvalue weighted by Gasteiger charge is 2.38. The summed E-state index contributed by atoms with van der Waals surface area (Å²) < 4.78 is 38.0. The van der Waals surface area contributed by atoms with Gasteiger partial charge in [-0.3, -0.25) is 4.79 Å². The number of benzene rings is 2. The van der Waals surface area contributed by atoms with E-state index >= 15 is 0 Å². The topological polar surface area (TPSA) is 45.0 Å². The summed E-state index contributed by atoms with van der Waals surface area (Å²) in [7, 11) is 0. The SMILES string of the molecule is CC(=O)N(Cc1ccc(C2=NN=C(C(F)(F)F)C2)cc1)c1ccccc1. The molecule has 0 saturated carbocycles. The molecule has 0 aliphatic carbocycles. The molecule has 0 saturated heterocycles. The van der Waals surface area contributed by atoms with Gasteiger partial charge in [0.25, 0.3) is 0 Å². The monoisotopic (exact) mass is 359 g/mol. The van der Waals surface area contributed by atoms with Crippen molar-refractivity contribution in [2.24, 2.45) is 10.2 Å². The van der Waals surface area contributed by atoms with Crippen LogP contribution < -0.4 is 4.90 Å². The van der Waals surface area contributed by atoms with Gasteiger partial charge in [-0.1, -0.05) is 42.5 Å². The van der Waals surface area contributed by atoms with Gasteiger partial charge in [0.1, 0.15) is 5.71 Å². The van der Waals surface area contributed by atoms with Crippen molar-refractivity contribution in [2.45, 2.75) is 26.1 Å². The third-order valence-corrected chi connectivity index (χ3v) is 4.03. The van der Waals surface area contributed by atoms with E-state index in [1.165, 1.54) is 6.92 Å². The minimum absolute atomic E-state index is 0.0938. The summed E-state index contributed by atoms with van der Waals surface area (Å²) in [5.74, 6) is -0.0938. The molecule has 3 rings (SSSR count). The Bertz CT molecular complexity index is 856. The van der Waals surface area contributed by atoms with Crippen molar-refractivity contribution in [1.29, 1.82) is 0 Å². The first-order chi connectivity index (χ1) is 12.3. The summed E-state index contributed by atoms with van der Waals surface area (Å²) in [4.78, 5) is 13.6. The molecule has 4 nitrogen and oxygen atoms in total. The van der Waals surface area contributed by atoms with Crippen LogP contribution in [-0.2, 0) is 11.3 Å². The van der Waals surface area contributed by atoms with Crippen LogP contribution in [0.1, 0.15) is 24.5 Å². The molecular formula is C19H16F3N3O. The Labute approximate surface area is 148 Å². The number of hydrogen-bond donors (Lipinski definition) is 0. The minimum Gasteiger partial charge on any atom is -0.308 e. The van der Waals surface area contributed by atoms with Crippen LogP contribution in [0.4, 0.5) is 18.9 Å². The molecule has 1 aliphatic rings. The highest BCUT2D eigenvalue weighted by atomic mass is 19.4. The van der Waals surface area contributed by atoms with Gasteiger partial charge < -0.3 is 4.90 Å². The van der Waals surface area contributed by atoms with Crippen LogP contribution in [0.5, 0.6) is 0 Å². The average Bonchev–Trinajstić information content (AvgIpc) is 3.11. The Morgan fingerprint density at radius 3 is 2.23 bits per heavy atom. The van der Waals surface area contributed by atoms with Gasteiger partial charge in [-0.05, 0) is 23.3 Å². The number of anilines is 1. The first kappa shape index (κ1) is 17.8. The standard InChI is InChI=1S/C19H16F3N3O/c1-13(26)25(16-5-3-2-4-6-16)12-14-7-9-15(10-8-14)17-11-18(24-23-17)19(20,21)22/h2-10H,11-12H2,1H3. The molecule has 2 aromatic rings. The normalized spacial score (nSPS) is 14.0. The van der Waals surface area contributed by atoms with Crippen LogP contribution in [0.3, 0.4) is 0 Å². The average molecular weight is 359 g/mol. The van der Waals surface area contributed by atoms with Crippen molar-refractivity contribution >= 4 is 23.0 Å². The highest BCUT2D eigenvalue weighted by molar-refractivity contribution is 6.16. The summed E-state index contributed by atoms with van der Waals surface area (Å²) in [5, 5.41) is 6.87. The number of amides is 1. The number of nitrogens with zero attached hydrogens (tertiary/aromatic N) is 3. The molecule has 0 spiro atoms. The number of halogens is 3. The number of para-hydroxylation sites is 1. The van der Waals surface area contributed by atoms with Crippen molar-refractivity contribution in [3.63, 3.8) is 0 Å². The fourth-order valence-corrected chi connectivity index (χ4v) is 2.64. The van der Waals surface area contributed by atoms with E-state index in [1.54, 1.807) is 29.2 Å². The van der Waals surface area contributed by atoms with Crippen LogP contribution in [0.15, 0.2) is 64.8 Å². The van der Waals surface area contributed by atoms with E-state index in [2.05, 4.69) is 10.2 Å². The molecule has 0 radical (unpaired) electrons. The smallest absolute Gasteiger partial charge is 0.308 e. The Morgan fingerprint density at radius 2 is 1.69 bits per heavy atom. The first-order valence-corrected chi connectivity index (χ1v) is 7.97. The second-order valence-electron chi connectivity index (χ2n) is 5.91. The van der Waals surface area contributed by atoms with E-state index in [0.717, 1.165) is 11.3 Å². The van der Waals surface area contributed by atoms with Crippen LogP contribution >= 0.6 is 0 Å². The maximum Gasteiger partial charge on any atom is 0.431 e. The van der Waals surface area contributed by atoms with Crippen molar-refractivity contribution < 1.29 is 18.0 Å². The van der Waals surface area contributed by atoms with E-state index in [0.29, 0.717) is 12.1 Å². The van der Waals surface area contributed by atoms with E-state index in [4.69, 9.17) is 0 Å². The molecule has 0 unspecified atom stereocenters. The Balaban J connectivity index is 1.71. The molecular weight excluding hydrogens is 343 g/mol. The zero-order chi connectivity index (χ0) is 18.7. The lowest BCUT2D eigenvalue weighted by atomic mass is 10.0. The van der Waals surface area contributed by atoms with E-state index in [-0.39, 0.29) is 18.0 Å². The lowest BCUT2D eigenvalue weighted by molar-refractivity contribution is -0.116. The largest absolute Gasteiger partial charge is 0.431 e. The number of hydrogen-bond acceptors (Lipinski definition) is 3. The fraction of sp³-hybridized carbons (Fsp3) is 0.211. The summed E-state index contributed by atoms with van der Waals surface area (Å²) in [6.07, 6.45) is -4.78. The zero-order valence-corrected chi connectivity index (χ0v) is 14.0. The fourth-order valence-electron chi connectivity index (χ4n) is 2.64. The number of carbonyl (C=O) groups excluding carboxylic acids is 1. The quantitative estimate of drug-likeness (QED) is 0.800. The van der Waals surface area contributed by atoms with Crippen molar-refractivity contribution in [2.75, 3.05) is 4.90 Å². The molecule has 1 amide bonds. The second-order valence-corrected chi connectivity index (χ2v) is 5.91. The molecule has 0 fully saturated rings. The van der Waals surface area contributed by atoms with E-state index in [9.17, 15) is 18.0 Å². The number of rotatable bonds is 4. The molecule has 2 aromatic carbocycles. The summed E-state index contributed by atoms with van der Waals surface area (Å²) in [6.45, 7) is 1.86. The van der Waals surface area contributed by atoms with Crippen molar-refractivity contribution in [3.8, 4) is 0 Å². The lowest BCUT2D eigenvalue weighted by Gasteiger charge is -2.21. The molecule has 134 valence electrons. The first-order valence-electron chi connectivity index (χ1n) is 7.97. The van der Waals surface area contributed by atoms with Gasteiger partial charge in [-0.25, -0.2) is 0 Å². The minimum atomic E-state index is -4.46.